The number of hydrogen-bond acceptors (Lipinski definition) is 4. The van der Waals surface area contributed by atoms with Crippen molar-refractivity contribution >= 4 is 23.5 Å². The van der Waals surface area contributed by atoms with Crippen LogP contribution in [-0.4, -0.2) is 42.4 Å². The molecular weight excluding hydrogens is 382 g/mol. The number of halogens is 2. The van der Waals surface area contributed by atoms with Crippen LogP contribution in [-0.2, 0) is 25.5 Å². The van der Waals surface area contributed by atoms with Gasteiger partial charge in [0.1, 0.15) is 11.6 Å². The molecule has 0 aromatic heterocycles. The average molecular weight is 402 g/mol. The summed E-state index contributed by atoms with van der Waals surface area (Å²) >= 11 is 0. The summed E-state index contributed by atoms with van der Waals surface area (Å²) in [6, 6.07) is 12.3. The van der Waals surface area contributed by atoms with Crippen LogP contribution in [0, 0.1) is 17.6 Å². The number of likely N-dealkylation sites (tertiary alicyclic amines) is 1. The van der Waals surface area contributed by atoms with Crippen molar-refractivity contribution in [2.45, 2.75) is 12.8 Å². The van der Waals surface area contributed by atoms with E-state index in [4.69, 9.17) is 4.74 Å². The molecule has 3 rings (SSSR count). The predicted octanol–water partition coefficient (Wildman–Crippen LogP) is 2.54. The monoisotopic (exact) mass is 402 g/mol. The van der Waals surface area contributed by atoms with Gasteiger partial charge in [-0.05, 0) is 24.1 Å². The van der Waals surface area contributed by atoms with Crippen LogP contribution in [0.5, 0.6) is 0 Å². The average Bonchev–Trinajstić information content (AvgIpc) is 3.09. The van der Waals surface area contributed by atoms with Crippen LogP contribution in [0.3, 0.4) is 0 Å². The molecule has 1 N–H and O–H groups in total. The van der Waals surface area contributed by atoms with Gasteiger partial charge in [-0.25, -0.2) is 8.78 Å². The van der Waals surface area contributed by atoms with Gasteiger partial charge in [-0.3, -0.25) is 14.4 Å². The van der Waals surface area contributed by atoms with Gasteiger partial charge in [-0.2, -0.15) is 0 Å². The Labute approximate surface area is 166 Å². The highest BCUT2D eigenvalue weighted by Crippen LogP contribution is 2.20. The van der Waals surface area contributed by atoms with Crippen molar-refractivity contribution in [3.05, 3.63) is 65.7 Å². The van der Waals surface area contributed by atoms with E-state index in [9.17, 15) is 23.2 Å². The molecule has 152 valence electrons. The number of nitrogens with zero attached hydrogens (tertiary/aromatic N) is 1. The van der Waals surface area contributed by atoms with Crippen LogP contribution in [0.15, 0.2) is 48.5 Å². The third-order valence-corrected chi connectivity index (χ3v) is 4.61. The molecule has 29 heavy (non-hydrogen) atoms. The number of carbonyl (C=O) groups is 3. The molecule has 0 aliphatic carbocycles. The van der Waals surface area contributed by atoms with Crippen molar-refractivity contribution in [3.63, 3.8) is 0 Å². The molecule has 0 unspecified atom stereocenters. The van der Waals surface area contributed by atoms with E-state index in [2.05, 4.69) is 5.32 Å². The van der Waals surface area contributed by atoms with Crippen molar-refractivity contribution in [2.75, 3.05) is 25.0 Å². The second-order valence-electron chi connectivity index (χ2n) is 6.76. The Bertz CT molecular complexity index is 905. The Balaban J connectivity index is 1.45. The number of rotatable bonds is 7. The Morgan fingerprint density at radius 3 is 2.66 bits per heavy atom. The van der Waals surface area contributed by atoms with Crippen molar-refractivity contribution in [1.29, 1.82) is 0 Å². The maximum absolute atomic E-state index is 13.5. The summed E-state index contributed by atoms with van der Waals surface area (Å²) in [6.45, 7) is 0.0695. The van der Waals surface area contributed by atoms with Crippen LogP contribution < -0.4 is 5.32 Å². The lowest BCUT2D eigenvalue weighted by molar-refractivity contribution is -0.151. The minimum atomic E-state index is -0.804. The molecule has 0 saturated carbocycles. The van der Waals surface area contributed by atoms with Crippen LogP contribution in [0.4, 0.5) is 14.5 Å². The third kappa shape index (κ3) is 5.60. The number of carbonyl (C=O) groups excluding carboxylic acids is 3. The zero-order valence-corrected chi connectivity index (χ0v) is 15.6. The molecule has 1 aliphatic heterocycles. The minimum absolute atomic E-state index is 0.0216. The number of nitrogens with one attached hydrogen (secondary N) is 1. The maximum Gasteiger partial charge on any atom is 0.311 e. The Morgan fingerprint density at radius 1 is 1.14 bits per heavy atom. The number of esters is 1. The molecule has 2 aromatic carbocycles. The molecule has 2 amide bonds. The number of benzene rings is 2. The lowest BCUT2D eigenvalue weighted by atomic mass is 10.1. The molecule has 8 heteroatoms. The molecule has 0 radical (unpaired) electrons. The highest BCUT2D eigenvalue weighted by atomic mass is 19.1. The van der Waals surface area contributed by atoms with Crippen molar-refractivity contribution in [1.82, 2.24) is 4.90 Å². The standard InChI is InChI=1S/C21H20F2N2O4/c22-16-6-7-17(23)18(11-16)24-19(26)13-29-21(28)15-10-20(27)25(12-15)9-8-14-4-2-1-3-5-14/h1-7,11,15H,8-10,12-13H2,(H,24,26)/t15-/m0/s1. The molecule has 1 atom stereocenters. The van der Waals surface area contributed by atoms with Crippen molar-refractivity contribution in [2.24, 2.45) is 5.92 Å². The van der Waals surface area contributed by atoms with E-state index < -0.39 is 36.0 Å². The fourth-order valence-corrected chi connectivity index (χ4v) is 3.09. The van der Waals surface area contributed by atoms with Gasteiger partial charge in [0.25, 0.3) is 5.91 Å². The van der Waals surface area contributed by atoms with Gasteiger partial charge in [-0.1, -0.05) is 30.3 Å². The number of anilines is 1. The summed E-state index contributed by atoms with van der Waals surface area (Å²) in [7, 11) is 0. The lowest BCUT2D eigenvalue weighted by Gasteiger charge is -2.16. The predicted molar refractivity (Wildman–Crippen MR) is 101 cm³/mol. The summed E-state index contributed by atoms with van der Waals surface area (Å²) in [5.74, 6) is -3.78. The Hall–Kier alpha value is -3.29. The summed E-state index contributed by atoms with van der Waals surface area (Å²) < 4.78 is 31.6. The molecule has 0 bridgehead atoms. The third-order valence-electron chi connectivity index (χ3n) is 4.61. The second-order valence-corrected chi connectivity index (χ2v) is 6.76. The van der Waals surface area contributed by atoms with E-state index in [-0.39, 0.29) is 24.6 Å². The van der Waals surface area contributed by atoms with Gasteiger partial charge >= 0.3 is 5.97 Å². The summed E-state index contributed by atoms with van der Waals surface area (Å²) in [4.78, 5) is 37.7. The van der Waals surface area contributed by atoms with Gasteiger partial charge in [0.15, 0.2) is 6.61 Å². The number of ether oxygens (including phenoxy) is 1. The topological polar surface area (TPSA) is 75.7 Å². The zero-order valence-electron chi connectivity index (χ0n) is 15.6. The highest BCUT2D eigenvalue weighted by Gasteiger charge is 2.35. The van der Waals surface area contributed by atoms with Crippen molar-refractivity contribution in [3.8, 4) is 0 Å². The van der Waals surface area contributed by atoms with E-state index >= 15 is 0 Å². The summed E-state index contributed by atoms with van der Waals surface area (Å²) in [6.07, 6.45) is 0.698. The lowest BCUT2D eigenvalue weighted by Crippen LogP contribution is -2.29. The van der Waals surface area contributed by atoms with Gasteiger partial charge in [-0.15, -0.1) is 0 Å². The van der Waals surface area contributed by atoms with Gasteiger partial charge in [0, 0.05) is 25.6 Å². The quantitative estimate of drug-likeness (QED) is 0.723. The molecule has 1 saturated heterocycles. The first-order valence-corrected chi connectivity index (χ1v) is 9.15. The summed E-state index contributed by atoms with van der Waals surface area (Å²) in [5, 5.41) is 2.14. The second kappa shape index (κ2) is 9.27. The largest absolute Gasteiger partial charge is 0.455 e. The van der Waals surface area contributed by atoms with Crippen LogP contribution in [0.25, 0.3) is 0 Å². The normalized spacial score (nSPS) is 16.0. The minimum Gasteiger partial charge on any atom is -0.455 e. The van der Waals surface area contributed by atoms with Gasteiger partial charge in [0.2, 0.25) is 5.91 Å². The first kappa shape index (κ1) is 20.4. The molecule has 1 fully saturated rings. The van der Waals surface area contributed by atoms with E-state index in [1.165, 1.54) is 0 Å². The fourth-order valence-electron chi connectivity index (χ4n) is 3.09. The highest BCUT2D eigenvalue weighted by molar-refractivity contribution is 5.93. The van der Waals surface area contributed by atoms with E-state index in [1.807, 2.05) is 30.3 Å². The first-order valence-electron chi connectivity index (χ1n) is 9.15. The Kier molecular flexibility index (Phi) is 6.54. The van der Waals surface area contributed by atoms with E-state index in [0.29, 0.717) is 13.0 Å². The summed E-state index contributed by atoms with van der Waals surface area (Å²) in [5.41, 5.74) is 0.752. The van der Waals surface area contributed by atoms with Crippen molar-refractivity contribution < 1.29 is 27.9 Å². The van der Waals surface area contributed by atoms with Gasteiger partial charge in [0.05, 0.1) is 11.6 Å². The molecular formula is C21H20F2N2O4. The van der Waals surface area contributed by atoms with Crippen LogP contribution in [0.1, 0.15) is 12.0 Å². The smallest absolute Gasteiger partial charge is 0.311 e. The molecule has 6 nitrogen and oxygen atoms in total. The number of amides is 2. The fraction of sp³-hybridized carbons (Fsp3) is 0.286. The molecule has 1 heterocycles. The molecule has 1 aliphatic rings. The Morgan fingerprint density at radius 2 is 1.90 bits per heavy atom. The zero-order chi connectivity index (χ0) is 20.8. The first-order chi connectivity index (χ1) is 13.9. The van der Waals surface area contributed by atoms with Gasteiger partial charge < -0.3 is 15.0 Å². The van der Waals surface area contributed by atoms with E-state index in [0.717, 1.165) is 23.8 Å². The van der Waals surface area contributed by atoms with Crippen LogP contribution in [0.2, 0.25) is 0 Å². The molecule has 2 aromatic rings. The van der Waals surface area contributed by atoms with E-state index in [1.54, 1.807) is 4.90 Å². The SMILES string of the molecule is O=C(COC(=O)[C@H]1CC(=O)N(CCc2ccccc2)C1)Nc1cc(F)ccc1F. The van der Waals surface area contributed by atoms with Crippen LogP contribution >= 0.6 is 0 Å². The molecule has 0 spiro atoms. The maximum atomic E-state index is 13.5. The number of hydrogen-bond donors (Lipinski definition) is 1.